The summed E-state index contributed by atoms with van der Waals surface area (Å²) in [5.74, 6) is -2.21. The highest BCUT2D eigenvalue weighted by Gasteiger charge is 2.14. The molecule has 4 nitrogen and oxygen atoms in total. The molecule has 2 N–H and O–H groups in total. The number of thiazole rings is 1. The fraction of sp³-hybridized carbons (Fsp3) is 0.111. The molecule has 0 spiro atoms. The third-order valence-corrected chi connectivity index (χ3v) is 5.15. The number of anilines is 1. The SMILES string of the molecule is Cc1[nH]c2ccc(C(=O)Nc3nc4cc(F)c(F)cc4s3)cc2c1C. The van der Waals surface area contributed by atoms with Crippen molar-refractivity contribution in [2.24, 2.45) is 0 Å². The van der Waals surface area contributed by atoms with Crippen LogP contribution in [0.5, 0.6) is 0 Å². The monoisotopic (exact) mass is 357 g/mol. The van der Waals surface area contributed by atoms with Gasteiger partial charge in [-0.2, -0.15) is 0 Å². The highest BCUT2D eigenvalue weighted by atomic mass is 32.1. The molecule has 1 amide bonds. The van der Waals surface area contributed by atoms with Crippen molar-refractivity contribution in [1.29, 1.82) is 0 Å². The molecule has 2 heterocycles. The highest BCUT2D eigenvalue weighted by molar-refractivity contribution is 7.22. The molecule has 25 heavy (non-hydrogen) atoms. The molecule has 0 atom stereocenters. The number of hydrogen-bond donors (Lipinski definition) is 2. The number of aromatic amines is 1. The van der Waals surface area contributed by atoms with Gasteiger partial charge in [0.15, 0.2) is 16.8 Å². The fourth-order valence-corrected chi connectivity index (χ4v) is 3.62. The summed E-state index contributed by atoms with van der Waals surface area (Å²) in [5, 5.41) is 3.97. The van der Waals surface area contributed by atoms with Crippen LogP contribution < -0.4 is 5.32 Å². The van der Waals surface area contributed by atoms with E-state index in [9.17, 15) is 13.6 Å². The Bertz CT molecular complexity index is 1110. The van der Waals surface area contributed by atoms with Crippen molar-refractivity contribution >= 4 is 43.5 Å². The van der Waals surface area contributed by atoms with E-state index in [2.05, 4.69) is 15.3 Å². The van der Waals surface area contributed by atoms with E-state index in [4.69, 9.17) is 0 Å². The number of benzene rings is 2. The molecule has 2 aromatic carbocycles. The van der Waals surface area contributed by atoms with Gasteiger partial charge in [0.25, 0.3) is 5.91 Å². The lowest BCUT2D eigenvalue weighted by Crippen LogP contribution is -2.11. The van der Waals surface area contributed by atoms with Crippen LogP contribution in [0.3, 0.4) is 0 Å². The largest absolute Gasteiger partial charge is 0.358 e. The van der Waals surface area contributed by atoms with Gasteiger partial charge in [0.05, 0.1) is 10.2 Å². The van der Waals surface area contributed by atoms with Gasteiger partial charge in [0, 0.05) is 28.2 Å². The van der Waals surface area contributed by atoms with Crippen LogP contribution in [0, 0.1) is 25.5 Å². The van der Waals surface area contributed by atoms with Crippen LogP contribution in [0.1, 0.15) is 21.6 Å². The van der Waals surface area contributed by atoms with Crippen LogP contribution in [0.2, 0.25) is 0 Å². The number of aromatic nitrogens is 2. The number of H-pyrrole nitrogens is 1. The second-order valence-corrected chi connectivity index (χ2v) is 6.87. The molecule has 4 rings (SSSR count). The predicted molar refractivity (Wildman–Crippen MR) is 95.3 cm³/mol. The van der Waals surface area contributed by atoms with Crippen LogP contribution in [0.15, 0.2) is 30.3 Å². The van der Waals surface area contributed by atoms with Gasteiger partial charge in [-0.3, -0.25) is 10.1 Å². The minimum atomic E-state index is -0.959. The molecule has 2 aromatic heterocycles. The van der Waals surface area contributed by atoms with Gasteiger partial charge < -0.3 is 4.98 Å². The van der Waals surface area contributed by atoms with Gasteiger partial charge in [0.2, 0.25) is 0 Å². The first kappa shape index (κ1) is 15.7. The van der Waals surface area contributed by atoms with Crippen LogP contribution in [0.4, 0.5) is 13.9 Å². The van der Waals surface area contributed by atoms with E-state index in [0.717, 1.165) is 45.6 Å². The predicted octanol–water partition coefficient (Wildman–Crippen LogP) is 4.92. The van der Waals surface area contributed by atoms with E-state index in [1.807, 2.05) is 26.0 Å². The number of nitrogens with one attached hydrogen (secondary N) is 2. The van der Waals surface area contributed by atoms with Crippen molar-refractivity contribution in [2.75, 3.05) is 5.32 Å². The summed E-state index contributed by atoms with van der Waals surface area (Å²) in [6.07, 6.45) is 0. The van der Waals surface area contributed by atoms with Gasteiger partial charge in [-0.25, -0.2) is 13.8 Å². The molecule has 0 fully saturated rings. The van der Waals surface area contributed by atoms with E-state index in [1.165, 1.54) is 0 Å². The highest BCUT2D eigenvalue weighted by Crippen LogP contribution is 2.28. The van der Waals surface area contributed by atoms with Crippen LogP contribution >= 0.6 is 11.3 Å². The normalized spacial score (nSPS) is 11.4. The number of carbonyl (C=O) groups excluding carboxylic acids is 1. The molecular weight excluding hydrogens is 344 g/mol. The lowest BCUT2D eigenvalue weighted by molar-refractivity contribution is 0.102. The molecule has 0 saturated heterocycles. The van der Waals surface area contributed by atoms with Crippen molar-refractivity contribution in [3.63, 3.8) is 0 Å². The number of aryl methyl sites for hydroxylation is 2. The van der Waals surface area contributed by atoms with Gasteiger partial charge in [-0.15, -0.1) is 0 Å². The number of carbonyl (C=O) groups is 1. The third-order valence-electron chi connectivity index (χ3n) is 4.22. The first-order chi connectivity index (χ1) is 11.9. The van der Waals surface area contributed by atoms with E-state index in [0.29, 0.717) is 20.9 Å². The minimum Gasteiger partial charge on any atom is -0.358 e. The van der Waals surface area contributed by atoms with E-state index in [1.54, 1.807) is 6.07 Å². The first-order valence-corrected chi connectivity index (χ1v) is 8.40. The molecule has 0 aliphatic heterocycles. The van der Waals surface area contributed by atoms with Crippen LogP contribution in [-0.2, 0) is 0 Å². The standard InChI is InChI=1S/C18H13F2N3OS/c1-8-9(2)21-14-4-3-10(5-11(8)14)17(24)23-18-22-15-6-12(19)13(20)7-16(15)25-18/h3-7,21H,1-2H3,(H,22,23,24). The Morgan fingerprint density at radius 2 is 1.92 bits per heavy atom. The number of amides is 1. The number of hydrogen-bond acceptors (Lipinski definition) is 3. The Labute approximate surface area is 145 Å². The van der Waals surface area contributed by atoms with Crippen molar-refractivity contribution in [3.05, 3.63) is 58.8 Å². The maximum Gasteiger partial charge on any atom is 0.257 e. The Morgan fingerprint density at radius 3 is 2.72 bits per heavy atom. The molecule has 0 saturated carbocycles. The fourth-order valence-electron chi connectivity index (χ4n) is 2.75. The second kappa shape index (κ2) is 5.63. The number of halogens is 2. The summed E-state index contributed by atoms with van der Waals surface area (Å²) in [4.78, 5) is 19.9. The lowest BCUT2D eigenvalue weighted by atomic mass is 10.1. The average Bonchev–Trinajstić information content (AvgIpc) is 3.08. The topological polar surface area (TPSA) is 57.8 Å². The quantitative estimate of drug-likeness (QED) is 0.535. The zero-order valence-corrected chi connectivity index (χ0v) is 14.2. The van der Waals surface area contributed by atoms with Crippen molar-refractivity contribution < 1.29 is 13.6 Å². The minimum absolute atomic E-state index is 0.298. The Balaban J connectivity index is 1.66. The van der Waals surface area contributed by atoms with Crippen molar-refractivity contribution in [1.82, 2.24) is 9.97 Å². The molecule has 4 aromatic rings. The Morgan fingerprint density at radius 1 is 1.16 bits per heavy atom. The molecule has 0 unspecified atom stereocenters. The van der Waals surface area contributed by atoms with E-state index >= 15 is 0 Å². The lowest BCUT2D eigenvalue weighted by Gasteiger charge is -2.02. The van der Waals surface area contributed by atoms with Crippen molar-refractivity contribution in [3.8, 4) is 0 Å². The molecule has 0 radical (unpaired) electrons. The summed E-state index contributed by atoms with van der Waals surface area (Å²) in [5.41, 5.74) is 3.92. The molecule has 0 aliphatic carbocycles. The molecule has 7 heteroatoms. The van der Waals surface area contributed by atoms with Gasteiger partial charge >= 0.3 is 0 Å². The zero-order valence-electron chi connectivity index (χ0n) is 13.4. The van der Waals surface area contributed by atoms with Crippen molar-refractivity contribution in [2.45, 2.75) is 13.8 Å². The summed E-state index contributed by atoms with van der Waals surface area (Å²) in [6, 6.07) is 7.49. The van der Waals surface area contributed by atoms with Crippen LogP contribution in [0.25, 0.3) is 21.1 Å². The Hall–Kier alpha value is -2.80. The second-order valence-electron chi connectivity index (χ2n) is 5.84. The number of fused-ring (bicyclic) bond motifs is 2. The van der Waals surface area contributed by atoms with Gasteiger partial charge in [0.1, 0.15) is 0 Å². The smallest absolute Gasteiger partial charge is 0.257 e. The number of rotatable bonds is 2. The van der Waals surface area contributed by atoms with Gasteiger partial charge in [-0.05, 0) is 43.7 Å². The Kier molecular flexibility index (Phi) is 3.54. The molecular formula is C18H13F2N3OS. The third kappa shape index (κ3) is 2.66. The number of nitrogens with zero attached hydrogens (tertiary/aromatic N) is 1. The maximum absolute atomic E-state index is 13.3. The summed E-state index contributed by atoms with van der Waals surface area (Å²) < 4.78 is 27.0. The summed E-state index contributed by atoms with van der Waals surface area (Å²) in [7, 11) is 0. The van der Waals surface area contributed by atoms with Crippen LogP contribution in [-0.4, -0.2) is 15.9 Å². The first-order valence-electron chi connectivity index (χ1n) is 7.58. The zero-order chi connectivity index (χ0) is 17.7. The maximum atomic E-state index is 13.3. The summed E-state index contributed by atoms with van der Waals surface area (Å²) in [6.45, 7) is 3.97. The summed E-state index contributed by atoms with van der Waals surface area (Å²) >= 11 is 1.10. The molecule has 0 aliphatic rings. The molecule has 126 valence electrons. The van der Waals surface area contributed by atoms with E-state index < -0.39 is 11.6 Å². The van der Waals surface area contributed by atoms with E-state index in [-0.39, 0.29) is 5.91 Å². The average molecular weight is 357 g/mol. The molecule has 0 bridgehead atoms. The van der Waals surface area contributed by atoms with Gasteiger partial charge in [-0.1, -0.05) is 11.3 Å².